The van der Waals surface area contributed by atoms with Gasteiger partial charge < -0.3 is 14.8 Å². The lowest BCUT2D eigenvalue weighted by Crippen LogP contribution is -2.24. The Kier molecular flexibility index (Phi) is 4.99. The Balaban J connectivity index is 1.64. The summed E-state index contributed by atoms with van der Waals surface area (Å²) in [5.41, 5.74) is 3.45. The number of rotatable bonds is 6. The van der Waals surface area contributed by atoms with Crippen LogP contribution in [-0.2, 0) is 17.8 Å². The van der Waals surface area contributed by atoms with Crippen LogP contribution in [0.3, 0.4) is 0 Å². The third-order valence-corrected chi connectivity index (χ3v) is 4.49. The summed E-state index contributed by atoms with van der Waals surface area (Å²) >= 11 is 0. The molecule has 1 aliphatic rings. The zero-order valence-electron chi connectivity index (χ0n) is 14.0. The van der Waals surface area contributed by atoms with Crippen molar-refractivity contribution >= 4 is 5.91 Å². The molecule has 0 saturated carbocycles. The minimum Gasteiger partial charge on any atom is -0.493 e. The molecule has 1 aliphatic carbocycles. The van der Waals surface area contributed by atoms with Crippen LogP contribution in [0.25, 0.3) is 0 Å². The molecule has 0 fully saturated rings. The van der Waals surface area contributed by atoms with Gasteiger partial charge in [0.15, 0.2) is 11.5 Å². The van der Waals surface area contributed by atoms with Crippen LogP contribution >= 0.6 is 0 Å². The van der Waals surface area contributed by atoms with E-state index >= 15 is 0 Å². The first kappa shape index (κ1) is 16.3. The summed E-state index contributed by atoms with van der Waals surface area (Å²) in [6.07, 6.45) is 5.93. The van der Waals surface area contributed by atoms with Crippen molar-refractivity contribution in [1.82, 2.24) is 10.3 Å². The summed E-state index contributed by atoms with van der Waals surface area (Å²) in [5, 5.41) is 2.97. The van der Waals surface area contributed by atoms with Gasteiger partial charge in [0.05, 0.1) is 14.2 Å². The van der Waals surface area contributed by atoms with Gasteiger partial charge in [0.25, 0.3) is 0 Å². The highest BCUT2D eigenvalue weighted by atomic mass is 16.5. The van der Waals surface area contributed by atoms with Crippen molar-refractivity contribution in [1.29, 1.82) is 0 Å². The van der Waals surface area contributed by atoms with Gasteiger partial charge in [-0.25, -0.2) is 0 Å². The largest absolute Gasteiger partial charge is 0.493 e. The predicted octanol–water partition coefficient (Wildman–Crippen LogP) is 2.84. The molecule has 0 radical (unpaired) electrons. The van der Waals surface area contributed by atoms with Gasteiger partial charge in [0.2, 0.25) is 5.91 Å². The number of aryl methyl sites for hydroxylation is 1. The molecule has 5 nitrogen and oxygen atoms in total. The van der Waals surface area contributed by atoms with Crippen LogP contribution in [0.2, 0.25) is 0 Å². The van der Waals surface area contributed by atoms with Crippen LogP contribution in [0.4, 0.5) is 0 Å². The number of aromatic nitrogens is 1. The maximum Gasteiger partial charge on any atom is 0.220 e. The number of nitrogens with zero attached hydrogens (tertiary/aromatic N) is 1. The molecule has 2 aromatic rings. The van der Waals surface area contributed by atoms with Crippen molar-refractivity contribution in [3.05, 3.63) is 53.3 Å². The fourth-order valence-electron chi connectivity index (χ4n) is 3.23. The Labute approximate surface area is 142 Å². The van der Waals surface area contributed by atoms with Gasteiger partial charge in [0, 0.05) is 25.4 Å². The second-order valence-corrected chi connectivity index (χ2v) is 5.98. The van der Waals surface area contributed by atoms with E-state index in [-0.39, 0.29) is 11.8 Å². The summed E-state index contributed by atoms with van der Waals surface area (Å²) in [6, 6.07) is 7.87. The molecule has 1 aromatic heterocycles. The molecule has 0 aliphatic heterocycles. The molecule has 24 heavy (non-hydrogen) atoms. The Bertz CT molecular complexity index is 716. The first-order chi connectivity index (χ1) is 11.7. The van der Waals surface area contributed by atoms with Gasteiger partial charge in [-0.05, 0) is 53.6 Å². The Morgan fingerprint density at radius 2 is 2.08 bits per heavy atom. The fraction of sp³-hybridized carbons (Fsp3) is 0.368. The molecule has 3 rings (SSSR count). The van der Waals surface area contributed by atoms with E-state index in [1.165, 1.54) is 11.1 Å². The number of carbonyl (C=O) groups excluding carboxylic acids is 1. The minimum atomic E-state index is 0.0616. The third-order valence-electron chi connectivity index (χ3n) is 4.49. The fourth-order valence-corrected chi connectivity index (χ4v) is 3.23. The molecule has 0 saturated heterocycles. The molecule has 1 aromatic carbocycles. The average Bonchev–Trinajstić information content (AvgIpc) is 3.01. The van der Waals surface area contributed by atoms with Crippen LogP contribution in [0.5, 0.6) is 11.5 Å². The lowest BCUT2D eigenvalue weighted by Gasteiger charge is -2.14. The van der Waals surface area contributed by atoms with Gasteiger partial charge in [-0.2, -0.15) is 0 Å². The Hall–Kier alpha value is -2.56. The Morgan fingerprint density at radius 3 is 2.79 bits per heavy atom. The number of nitrogens with one attached hydrogen (secondary N) is 1. The van der Waals surface area contributed by atoms with Crippen LogP contribution in [-0.4, -0.2) is 25.1 Å². The summed E-state index contributed by atoms with van der Waals surface area (Å²) < 4.78 is 10.7. The van der Waals surface area contributed by atoms with E-state index in [9.17, 15) is 4.79 Å². The second kappa shape index (κ2) is 7.34. The summed E-state index contributed by atoms with van der Waals surface area (Å²) in [4.78, 5) is 16.3. The number of methoxy groups -OCH3 is 2. The molecule has 1 atom stereocenters. The van der Waals surface area contributed by atoms with Crippen molar-refractivity contribution in [2.45, 2.75) is 31.7 Å². The van der Waals surface area contributed by atoms with E-state index in [1.54, 1.807) is 26.6 Å². The number of fused-ring (bicyclic) bond motifs is 1. The maximum absolute atomic E-state index is 12.3. The molecule has 126 valence electrons. The normalized spacial score (nSPS) is 15.7. The van der Waals surface area contributed by atoms with E-state index in [0.29, 0.717) is 13.0 Å². The minimum absolute atomic E-state index is 0.0616. The molecule has 1 N–H and O–H groups in total. The molecular formula is C19H22N2O3. The summed E-state index contributed by atoms with van der Waals surface area (Å²) in [7, 11) is 3.28. The van der Waals surface area contributed by atoms with E-state index in [2.05, 4.69) is 10.3 Å². The van der Waals surface area contributed by atoms with Gasteiger partial charge in [-0.3, -0.25) is 9.78 Å². The van der Waals surface area contributed by atoms with Gasteiger partial charge in [-0.15, -0.1) is 0 Å². The number of pyridine rings is 1. The third kappa shape index (κ3) is 3.50. The summed E-state index contributed by atoms with van der Waals surface area (Å²) in [5.74, 6) is 1.76. The smallest absolute Gasteiger partial charge is 0.220 e. The number of ether oxygens (including phenoxy) is 2. The topological polar surface area (TPSA) is 60.5 Å². The quantitative estimate of drug-likeness (QED) is 0.887. The number of hydrogen-bond donors (Lipinski definition) is 1. The van der Waals surface area contributed by atoms with Gasteiger partial charge in [0.1, 0.15) is 0 Å². The monoisotopic (exact) mass is 326 g/mol. The number of carbonyl (C=O) groups is 1. The molecule has 0 bridgehead atoms. The van der Waals surface area contributed by atoms with Gasteiger partial charge >= 0.3 is 0 Å². The van der Waals surface area contributed by atoms with Crippen molar-refractivity contribution in [3.63, 3.8) is 0 Å². The van der Waals surface area contributed by atoms with E-state index in [1.807, 2.05) is 24.3 Å². The van der Waals surface area contributed by atoms with E-state index in [4.69, 9.17) is 9.47 Å². The number of amides is 1. The first-order valence-corrected chi connectivity index (χ1v) is 8.11. The first-order valence-electron chi connectivity index (χ1n) is 8.11. The molecule has 1 heterocycles. The highest BCUT2D eigenvalue weighted by molar-refractivity contribution is 5.77. The van der Waals surface area contributed by atoms with E-state index in [0.717, 1.165) is 29.9 Å². The standard InChI is InChI=1S/C19H22N2O3/c1-23-17-8-14-5-6-15(16(14)10-18(17)24-2)9-19(22)21-12-13-4-3-7-20-11-13/h3-4,7-8,10-11,15H,5-6,9,12H2,1-2H3,(H,21,22). The highest BCUT2D eigenvalue weighted by Crippen LogP contribution is 2.41. The lowest BCUT2D eigenvalue weighted by molar-refractivity contribution is -0.121. The Morgan fingerprint density at radius 1 is 1.29 bits per heavy atom. The number of hydrogen-bond acceptors (Lipinski definition) is 4. The maximum atomic E-state index is 12.3. The molecular weight excluding hydrogens is 304 g/mol. The summed E-state index contributed by atoms with van der Waals surface area (Å²) in [6.45, 7) is 0.512. The lowest BCUT2D eigenvalue weighted by atomic mass is 9.97. The molecule has 0 spiro atoms. The van der Waals surface area contributed by atoms with Crippen LogP contribution in [0.1, 0.15) is 35.4 Å². The van der Waals surface area contributed by atoms with Crippen LogP contribution < -0.4 is 14.8 Å². The van der Waals surface area contributed by atoms with Crippen molar-refractivity contribution in [3.8, 4) is 11.5 Å². The van der Waals surface area contributed by atoms with Crippen molar-refractivity contribution in [2.24, 2.45) is 0 Å². The second-order valence-electron chi connectivity index (χ2n) is 5.98. The SMILES string of the molecule is COc1cc2c(cc1OC)C(CC(=O)NCc1cccnc1)CC2. The van der Waals surface area contributed by atoms with Gasteiger partial charge in [-0.1, -0.05) is 6.07 Å². The molecule has 5 heteroatoms. The highest BCUT2D eigenvalue weighted by Gasteiger charge is 2.26. The molecule has 1 unspecified atom stereocenters. The van der Waals surface area contributed by atoms with E-state index < -0.39 is 0 Å². The number of benzene rings is 1. The van der Waals surface area contributed by atoms with Crippen molar-refractivity contribution < 1.29 is 14.3 Å². The zero-order valence-corrected chi connectivity index (χ0v) is 14.0. The predicted molar refractivity (Wildman–Crippen MR) is 91.3 cm³/mol. The van der Waals surface area contributed by atoms with Crippen molar-refractivity contribution in [2.75, 3.05) is 14.2 Å². The van der Waals surface area contributed by atoms with Crippen LogP contribution in [0.15, 0.2) is 36.7 Å². The van der Waals surface area contributed by atoms with Crippen LogP contribution in [0, 0.1) is 0 Å². The average molecular weight is 326 g/mol. The molecule has 1 amide bonds. The zero-order chi connectivity index (χ0) is 16.9.